The van der Waals surface area contributed by atoms with E-state index in [1.54, 1.807) is 13.0 Å². The molecule has 0 saturated heterocycles. The number of sulfonamides is 1. The van der Waals surface area contributed by atoms with Gasteiger partial charge in [-0.25, -0.2) is 13.1 Å². The number of hydrogen-bond donors (Lipinski definition) is 2. The van der Waals surface area contributed by atoms with Crippen molar-refractivity contribution in [3.63, 3.8) is 0 Å². The van der Waals surface area contributed by atoms with Gasteiger partial charge in [-0.15, -0.1) is 0 Å². The molecule has 2 N–H and O–H groups in total. The topological polar surface area (TPSA) is 106 Å². The Hall–Kier alpha value is -1.64. The van der Waals surface area contributed by atoms with Crippen LogP contribution < -0.4 is 4.72 Å². The molecule has 0 amide bonds. The minimum atomic E-state index is -3.71. The number of hydrogen-bond acceptors (Lipinski definition) is 6. The van der Waals surface area contributed by atoms with Gasteiger partial charge in [0.2, 0.25) is 10.0 Å². The minimum absolute atomic E-state index is 0.00223. The molecule has 0 aromatic carbocycles. The number of nitrogens with zero attached hydrogens (tertiary/aromatic N) is 1. The lowest BCUT2D eigenvalue weighted by Gasteiger charge is -2.02. The zero-order valence-electron chi connectivity index (χ0n) is 10.5. The Morgan fingerprint density at radius 1 is 1.32 bits per heavy atom. The van der Waals surface area contributed by atoms with Gasteiger partial charge in [-0.05, 0) is 13.8 Å². The molecule has 2 aromatic heterocycles. The largest absolute Gasteiger partial charge is 0.462 e. The predicted molar refractivity (Wildman–Crippen MR) is 64.6 cm³/mol. The van der Waals surface area contributed by atoms with Crippen molar-refractivity contribution in [2.45, 2.75) is 31.9 Å². The lowest BCUT2D eigenvalue weighted by Crippen LogP contribution is -2.23. The number of furan rings is 1. The van der Waals surface area contributed by atoms with E-state index in [0.29, 0.717) is 11.5 Å². The molecule has 104 valence electrons. The second-order valence-electron chi connectivity index (χ2n) is 4.05. The molecule has 0 aliphatic rings. The second kappa shape index (κ2) is 5.16. The van der Waals surface area contributed by atoms with Crippen LogP contribution in [0.3, 0.4) is 0 Å². The fraction of sp³-hybridized carbons (Fsp3) is 0.364. The fourth-order valence-electron chi connectivity index (χ4n) is 1.61. The molecule has 0 unspecified atom stereocenters. The zero-order chi connectivity index (χ0) is 14.0. The molecule has 2 heterocycles. The van der Waals surface area contributed by atoms with Gasteiger partial charge in [0.25, 0.3) is 0 Å². The summed E-state index contributed by atoms with van der Waals surface area (Å²) in [4.78, 5) is 0.00721. The molecule has 2 rings (SSSR count). The quantitative estimate of drug-likeness (QED) is 0.844. The molecule has 7 nitrogen and oxygen atoms in total. The fourth-order valence-corrected chi connectivity index (χ4v) is 2.81. The Morgan fingerprint density at radius 3 is 2.58 bits per heavy atom. The van der Waals surface area contributed by atoms with E-state index in [1.165, 1.54) is 13.0 Å². The second-order valence-corrected chi connectivity index (χ2v) is 5.79. The first-order chi connectivity index (χ1) is 8.92. The van der Waals surface area contributed by atoms with Crippen molar-refractivity contribution in [1.82, 2.24) is 9.88 Å². The van der Waals surface area contributed by atoms with Gasteiger partial charge in [0.15, 0.2) is 5.76 Å². The van der Waals surface area contributed by atoms with Crippen LogP contribution in [0.15, 0.2) is 26.0 Å². The van der Waals surface area contributed by atoms with Crippen LogP contribution in [0.2, 0.25) is 0 Å². The Morgan fingerprint density at radius 2 is 2.05 bits per heavy atom. The van der Waals surface area contributed by atoms with Crippen molar-refractivity contribution in [1.29, 1.82) is 0 Å². The Balaban J connectivity index is 2.15. The molecule has 0 saturated carbocycles. The van der Waals surface area contributed by atoms with E-state index >= 15 is 0 Å². The lowest BCUT2D eigenvalue weighted by atomic mass is 10.4. The van der Waals surface area contributed by atoms with E-state index in [-0.39, 0.29) is 29.6 Å². The van der Waals surface area contributed by atoms with Crippen LogP contribution in [0.25, 0.3) is 0 Å². The molecule has 8 heteroatoms. The molecule has 0 bridgehead atoms. The number of aliphatic hydroxyl groups is 1. The molecule has 0 spiro atoms. The van der Waals surface area contributed by atoms with Crippen molar-refractivity contribution in [3.05, 3.63) is 35.1 Å². The van der Waals surface area contributed by atoms with E-state index in [1.807, 2.05) is 0 Å². The zero-order valence-corrected chi connectivity index (χ0v) is 11.3. The van der Waals surface area contributed by atoms with Crippen LogP contribution in [0.5, 0.6) is 0 Å². The van der Waals surface area contributed by atoms with Crippen LogP contribution in [0, 0.1) is 13.8 Å². The van der Waals surface area contributed by atoms with Crippen molar-refractivity contribution < 1.29 is 22.5 Å². The average molecular weight is 286 g/mol. The number of aryl methyl sites for hydroxylation is 2. The number of rotatable bonds is 5. The first kappa shape index (κ1) is 13.8. The summed E-state index contributed by atoms with van der Waals surface area (Å²) in [5.74, 6) is 0.850. The summed E-state index contributed by atoms with van der Waals surface area (Å²) in [6.07, 6.45) is 0. The van der Waals surface area contributed by atoms with Crippen molar-refractivity contribution in [2.24, 2.45) is 0 Å². The standard InChI is InChI=1S/C11H14N2O5S/c1-7-3-9(18-13-7)5-12-19(15,16)11-4-10(6-14)17-8(11)2/h3-4,12,14H,5-6H2,1-2H3. The summed E-state index contributed by atoms with van der Waals surface area (Å²) < 4.78 is 36.5. The van der Waals surface area contributed by atoms with Gasteiger partial charge >= 0.3 is 0 Å². The van der Waals surface area contributed by atoms with E-state index in [4.69, 9.17) is 14.0 Å². The number of aromatic nitrogens is 1. The third kappa shape index (κ3) is 3.03. The van der Waals surface area contributed by atoms with E-state index in [0.717, 1.165) is 0 Å². The van der Waals surface area contributed by atoms with Gasteiger partial charge in [0.1, 0.15) is 23.0 Å². The minimum Gasteiger partial charge on any atom is -0.462 e. The molecule has 0 fully saturated rings. The van der Waals surface area contributed by atoms with E-state index in [9.17, 15) is 8.42 Å². The predicted octanol–water partition coefficient (Wildman–Crippen LogP) is 0.855. The molecule has 0 atom stereocenters. The molecule has 19 heavy (non-hydrogen) atoms. The smallest absolute Gasteiger partial charge is 0.244 e. The van der Waals surface area contributed by atoms with Crippen molar-refractivity contribution in [3.8, 4) is 0 Å². The number of nitrogens with one attached hydrogen (secondary N) is 1. The van der Waals surface area contributed by atoms with Crippen molar-refractivity contribution in [2.75, 3.05) is 0 Å². The summed E-state index contributed by atoms with van der Waals surface area (Å²) in [5, 5.41) is 12.6. The first-order valence-electron chi connectivity index (χ1n) is 5.54. The number of aliphatic hydroxyl groups excluding tert-OH is 1. The van der Waals surface area contributed by atoms with Gasteiger partial charge in [0.05, 0.1) is 12.2 Å². The SMILES string of the molecule is Cc1cc(CNS(=O)(=O)c2cc(CO)oc2C)on1. The lowest BCUT2D eigenvalue weighted by molar-refractivity contribution is 0.244. The summed E-state index contributed by atoms with van der Waals surface area (Å²) in [7, 11) is -3.71. The highest BCUT2D eigenvalue weighted by Gasteiger charge is 2.21. The molecule has 2 aromatic rings. The van der Waals surface area contributed by atoms with Crippen LogP contribution in [-0.2, 0) is 23.2 Å². The Kier molecular flexibility index (Phi) is 3.74. The van der Waals surface area contributed by atoms with E-state index in [2.05, 4.69) is 9.88 Å². The van der Waals surface area contributed by atoms with Crippen LogP contribution in [0.4, 0.5) is 0 Å². The highest BCUT2D eigenvalue weighted by molar-refractivity contribution is 7.89. The molecule has 0 radical (unpaired) electrons. The third-order valence-electron chi connectivity index (χ3n) is 2.48. The monoisotopic (exact) mass is 286 g/mol. The maximum atomic E-state index is 12.0. The highest BCUT2D eigenvalue weighted by atomic mass is 32.2. The van der Waals surface area contributed by atoms with Crippen LogP contribution in [0.1, 0.15) is 23.0 Å². The first-order valence-corrected chi connectivity index (χ1v) is 7.02. The van der Waals surface area contributed by atoms with Crippen LogP contribution >= 0.6 is 0 Å². The third-order valence-corrected chi connectivity index (χ3v) is 3.99. The van der Waals surface area contributed by atoms with Crippen LogP contribution in [-0.4, -0.2) is 18.7 Å². The Bertz CT molecular complexity index is 671. The van der Waals surface area contributed by atoms with Gasteiger partial charge in [0, 0.05) is 12.1 Å². The highest BCUT2D eigenvalue weighted by Crippen LogP contribution is 2.20. The Labute approximate surface area is 110 Å². The molecular weight excluding hydrogens is 272 g/mol. The van der Waals surface area contributed by atoms with Gasteiger partial charge < -0.3 is 14.0 Å². The van der Waals surface area contributed by atoms with E-state index < -0.39 is 10.0 Å². The normalized spacial score (nSPS) is 11.9. The average Bonchev–Trinajstić information content (AvgIpc) is 2.93. The summed E-state index contributed by atoms with van der Waals surface area (Å²) in [6.45, 7) is 2.92. The summed E-state index contributed by atoms with van der Waals surface area (Å²) in [6, 6.07) is 2.94. The molecular formula is C11H14N2O5S. The molecule has 0 aliphatic heterocycles. The maximum Gasteiger partial charge on any atom is 0.244 e. The van der Waals surface area contributed by atoms with Crippen molar-refractivity contribution >= 4 is 10.0 Å². The van der Waals surface area contributed by atoms with Gasteiger partial charge in [-0.1, -0.05) is 5.16 Å². The van der Waals surface area contributed by atoms with Gasteiger partial charge in [-0.3, -0.25) is 0 Å². The molecule has 0 aliphatic carbocycles. The van der Waals surface area contributed by atoms with Gasteiger partial charge in [-0.2, -0.15) is 0 Å². The summed E-state index contributed by atoms with van der Waals surface area (Å²) >= 11 is 0. The summed E-state index contributed by atoms with van der Waals surface area (Å²) in [5.41, 5.74) is 0.677. The maximum absolute atomic E-state index is 12.0.